The Morgan fingerprint density at radius 1 is 1.59 bits per heavy atom. The Bertz CT molecular complexity index is 480. The summed E-state index contributed by atoms with van der Waals surface area (Å²) in [5, 5.41) is 17.5. The third-order valence-corrected chi connectivity index (χ3v) is 2.18. The largest absolute Gasteiger partial charge is 0.496 e. The van der Waals surface area contributed by atoms with Gasteiger partial charge in [-0.3, -0.25) is 4.79 Å². The predicted molar refractivity (Wildman–Crippen MR) is 54.0 cm³/mol. The lowest BCUT2D eigenvalue weighted by Crippen LogP contribution is -2.06. The molecule has 1 aromatic carbocycles. The third-order valence-electron chi connectivity index (χ3n) is 2.18. The highest BCUT2D eigenvalue weighted by atomic mass is 19.3. The second kappa shape index (κ2) is 5.25. The Morgan fingerprint density at radius 3 is 2.65 bits per heavy atom. The van der Waals surface area contributed by atoms with Gasteiger partial charge in [-0.15, -0.1) is 0 Å². The second-order valence-electron chi connectivity index (χ2n) is 3.20. The molecule has 0 heterocycles. The third kappa shape index (κ3) is 2.69. The Morgan fingerprint density at radius 2 is 2.24 bits per heavy atom. The summed E-state index contributed by atoms with van der Waals surface area (Å²) in [6.07, 6.45) is -3.37. The Balaban J connectivity index is 3.42. The quantitative estimate of drug-likeness (QED) is 0.876. The molecule has 0 aliphatic rings. The molecular weight excluding hydrogens is 232 g/mol. The van der Waals surface area contributed by atoms with Crippen LogP contribution in [0.1, 0.15) is 23.1 Å². The van der Waals surface area contributed by atoms with Gasteiger partial charge in [0.15, 0.2) is 0 Å². The van der Waals surface area contributed by atoms with E-state index >= 15 is 0 Å². The van der Waals surface area contributed by atoms with Gasteiger partial charge in [0.1, 0.15) is 11.8 Å². The topological polar surface area (TPSA) is 70.3 Å². The minimum atomic E-state index is -2.90. The van der Waals surface area contributed by atoms with Crippen LogP contribution in [0.5, 0.6) is 5.75 Å². The molecule has 0 aliphatic carbocycles. The molecule has 6 heteroatoms. The molecule has 0 saturated carbocycles. The minimum Gasteiger partial charge on any atom is -0.496 e. The van der Waals surface area contributed by atoms with Gasteiger partial charge < -0.3 is 9.84 Å². The lowest BCUT2D eigenvalue weighted by Gasteiger charge is -2.12. The van der Waals surface area contributed by atoms with Crippen molar-refractivity contribution in [2.24, 2.45) is 0 Å². The highest BCUT2D eigenvalue weighted by Gasteiger charge is 2.22. The molecule has 0 fully saturated rings. The highest BCUT2D eigenvalue weighted by Crippen LogP contribution is 2.33. The van der Waals surface area contributed by atoms with Crippen molar-refractivity contribution in [2.45, 2.75) is 12.8 Å². The van der Waals surface area contributed by atoms with Crippen molar-refractivity contribution in [1.29, 1.82) is 5.26 Å². The van der Waals surface area contributed by atoms with E-state index in [0.717, 1.165) is 0 Å². The van der Waals surface area contributed by atoms with Crippen LogP contribution >= 0.6 is 0 Å². The van der Waals surface area contributed by atoms with Gasteiger partial charge in [0.05, 0.1) is 24.7 Å². The smallest absolute Gasteiger partial charge is 0.307 e. The molecule has 4 nitrogen and oxygen atoms in total. The fraction of sp³-hybridized carbons (Fsp3) is 0.273. The molecule has 0 saturated heterocycles. The van der Waals surface area contributed by atoms with E-state index in [4.69, 9.17) is 15.1 Å². The molecule has 0 unspecified atom stereocenters. The first kappa shape index (κ1) is 12.9. The number of nitrogens with zero attached hydrogens (tertiary/aromatic N) is 1. The first-order valence-corrected chi connectivity index (χ1v) is 4.61. The van der Waals surface area contributed by atoms with Gasteiger partial charge in [-0.2, -0.15) is 5.26 Å². The molecule has 1 aromatic rings. The summed E-state index contributed by atoms with van der Waals surface area (Å²) in [6.45, 7) is 0. The molecule has 0 radical (unpaired) electrons. The van der Waals surface area contributed by atoms with E-state index in [1.165, 1.54) is 19.2 Å². The van der Waals surface area contributed by atoms with E-state index < -0.39 is 24.4 Å². The molecule has 90 valence electrons. The SMILES string of the molecule is COc1ccc(CC(=O)O)c(C#N)c1C(F)F. The van der Waals surface area contributed by atoms with Crippen molar-refractivity contribution < 1.29 is 23.4 Å². The molecule has 0 atom stereocenters. The normalized spacial score (nSPS) is 10.1. The summed E-state index contributed by atoms with van der Waals surface area (Å²) in [6, 6.07) is 4.14. The maximum Gasteiger partial charge on any atom is 0.307 e. The summed E-state index contributed by atoms with van der Waals surface area (Å²) < 4.78 is 30.3. The molecule has 17 heavy (non-hydrogen) atoms. The number of methoxy groups -OCH3 is 1. The van der Waals surface area contributed by atoms with Crippen LogP contribution in [0.15, 0.2) is 12.1 Å². The predicted octanol–water partition coefficient (Wildman–Crippen LogP) is 2.13. The monoisotopic (exact) mass is 241 g/mol. The number of ether oxygens (including phenoxy) is 1. The van der Waals surface area contributed by atoms with Gasteiger partial charge in [0.2, 0.25) is 0 Å². The standard InChI is InChI=1S/C11H9F2NO3/c1-17-8-3-2-6(4-9(15)16)7(5-14)10(8)11(12)13/h2-3,11H,4H2,1H3,(H,15,16). The highest BCUT2D eigenvalue weighted by molar-refractivity contribution is 5.72. The second-order valence-corrected chi connectivity index (χ2v) is 3.20. The number of benzene rings is 1. The van der Waals surface area contributed by atoms with Crippen LogP contribution in [0.25, 0.3) is 0 Å². The Hall–Kier alpha value is -2.16. The fourth-order valence-corrected chi connectivity index (χ4v) is 1.48. The first-order valence-electron chi connectivity index (χ1n) is 4.61. The molecule has 0 aliphatic heterocycles. The van der Waals surface area contributed by atoms with Gasteiger partial charge in [0, 0.05) is 0 Å². The first-order chi connectivity index (χ1) is 8.01. The number of hydrogen-bond acceptors (Lipinski definition) is 3. The van der Waals surface area contributed by atoms with Crippen LogP contribution in [-0.4, -0.2) is 18.2 Å². The number of hydrogen-bond donors (Lipinski definition) is 1. The average molecular weight is 241 g/mol. The number of carboxylic acid groups (broad SMARTS) is 1. The maximum atomic E-state index is 12.8. The maximum absolute atomic E-state index is 12.8. The zero-order valence-corrected chi connectivity index (χ0v) is 8.91. The van der Waals surface area contributed by atoms with Crippen LogP contribution in [0.3, 0.4) is 0 Å². The van der Waals surface area contributed by atoms with Crippen molar-refractivity contribution in [3.63, 3.8) is 0 Å². The number of carbonyl (C=O) groups is 1. The summed E-state index contributed by atoms with van der Waals surface area (Å²) in [7, 11) is 1.21. The van der Waals surface area contributed by atoms with Gasteiger partial charge >= 0.3 is 5.97 Å². The summed E-state index contributed by atoms with van der Waals surface area (Å²) in [5.41, 5.74) is -0.841. The van der Waals surface area contributed by atoms with E-state index in [1.54, 1.807) is 6.07 Å². The number of aliphatic carboxylic acids is 1. The van der Waals surface area contributed by atoms with Crippen LogP contribution in [0, 0.1) is 11.3 Å². The van der Waals surface area contributed by atoms with E-state index in [1.807, 2.05) is 0 Å². The van der Waals surface area contributed by atoms with E-state index in [2.05, 4.69) is 0 Å². The number of carboxylic acids is 1. The van der Waals surface area contributed by atoms with Gasteiger partial charge in [0.25, 0.3) is 6.43 Å². The molecule has 1 rings (SSSR count). The summed E-state index contributed by atoms with van der Waals surface area (Å²) in [5.74, 6) is -1.31. The van der Waals surface area contributed by atoms with Crippen molar-refractivity contribution in [3.05, 3.63) is 28.8 Å². The number of nitriles is 1. The Kier molecular flexibility index (Phi) is 3.99. The molecule has 1 N–H and O–H groups in total. The molecule has 0 amide bonds. The van der Waals surface area contributed by atoms with Crippen LogP contribution in [-0.2, 0) is 11.2 Å². The summed E-state index contributed by atoms with van der Waals surface area (Å²) in [4.78, 5) is 10.5. The minimum absolute atomic E-state index is 0.0519. The van der Waals surface area contributed by atoms with Crippen molar-refractivity contribution >= 4 is 5.97 Å². The van der Waals surface area contributed by atoms with Gasteiger partial charge in [-0.1, -0.05) is 6.07 Å². The zero-order valence-electron chi connectivity index (χ0n) is 8.91. The van der Waals surface area contributed by atoms with Crippen molar-refractivity contribution in [1.82, 2.24) is 0 Å². The van der Waals surface area contributed by atoms with E-state index in [9.17, 15) is 13.6 Å². The van der Waals surface area contributed by atoms with Crippen LogP contribution in [0.2, 0.25) is 0 Å². The summed E-state index contributed by atoms with van der Waals surface area (Å²) >= 11 is 0. The lowest BCUT2D eigenvalue weighted by molar-refractivity contribution is -0.136. The zero-order chi connectivity index (χ0) is 13.0. The van der Waals surface area contributed by atoms with Crippen molar-refractivity contribution in [2.75, 3.05) is 7.11 Å². The van der Waals surface area contributed by atoms with Crippen LogP contribution < -0.4 is 4.74 Å². The van der Waals surface area contributed by atoms with E-state index in [-0.39, 0.29) is 16.9 Å². The van der Waals surface area contributed by atoms with Crippen molar-refractivity contribution in [3.8, 4) is 11.8 Å². The van der Waals surface area contributed by atoms with Crippen LogP contribution in [0.4, 0.5) is 8.78 Å². The Labute approximate surface area is 96.0 Å². The molecule has 0 bridgehead atoms. The number of alkyl halides is 2. The average Bonchev–Trinajstić information content (AvgIpc) is 2.27. The molecular formula is C11H9F2NO3. The number of halogens is 2. The van der Waals surface area contributed by atoms with Gasteiger partial charge in [-0.25, -0.2) is 8.78 Å². The van der Waals surface area contributed by atoms with Gasteiger partial charge in [-0.05, 0) is 11.6 Å². The lowest BCUT2D eigenvalue weighted by atomic mass is 9.99. The molecule has 0 spiro atoms. The fourth-order valence-electron chi connectivity index (χ4n) is 1.48. The van der Waals surface area contributed by atoms with E-state index in [0.29, 0.717) is 0 Å². The number of rotatable bonds is 4. The molecule has 0 aromatic heterocycles.